The Kier molecular flexibility index (Phi) is 6.96. The Labute approximate surface area is 182 Å². The van der Waals surface area contributed by atoms with E-state index in [1.54, 1.807) is 30.3 Å². The number of nitrogen functional groups attached to an aromatic ring is 1. The van der Waals surface area contributed by atoms with Gasteiger partial charge in [0.2, 0.25) is 17.7 Å². The molecule has 6 N–H and O–H groups in total. The minimum atomic E-state index is -1.08. The minimum absolute atomic E-state index is 0.0847. The van der Waals surface area contributed by atoms with Crippen molar-refractivity contribution in [3.8, 4) is 11.5 Å². The first-order chi connectivity index (χ1) is 15.3. The quantitative estimate of drug-likeness (QED) is 0.397. The molecule has 0 radical (unpaired) electrons. The molecule has 0 bridgehead atoms. The summed E-state index contributed by atoms with van der Waals surface area (Å²) in [5, 5.41) is 4.83. The highest BCUT2D eigenvalue weighted by molar-refractivity contribution is 6.04. The van der Waals surface area contributed by atoms with E-state index in [-0.39, 0.29) is 17.3 Å². The van der Waals surface area contributed by atoms with Gasteiger partial charge in [0.25, 0.3) is 0 Å². The third-order valence-electron chi connectivity index (χ3n) is 4.24. The average molecular weight is 437 g/mol. The Hall–Kier alpha value is -4.47. The van der Waals surface area contributed by atoms with Gasteiger partial charge >= 0.3 is 0 Å². The van der Waals surface area contributed by atoms with E-state index in [4.69, 9.17) is 16.2 Å². The van der Waals surface area contributed by atoms with E-state index < -0.39 is 36.0 Å². The lowest BCUT2D eigenvalue weighted by molar-refractivity contribution is -0.130. The molecule has 0 aliphatic rings. The zero-order chi connectivity index (χ0) is 23.1. The van der Waals surface area contributed by atoms with Crippen LogP contribution in [0.2, 0.25) is 0 Å². The van der Waals surface area contributed by atoms with Crippen molar-refractivity contribution < 1.29 is 23.5 Å². The van der Waals surface area contributed by atoms with Crippen LogP contribution in [0.4, 0.5) is 15.9 Å². The van der Waals surface area contributed by atoms with Crippen molar-refractivity contribution >= 4 is 29.2 Å². The Morgan fingerprint density at radius 1 is 1.03 bits per heavy atom. The van der Waals surface area contributed by atoms with Gasteiger partial charge in [0.1, 0.15) is 24.0 Å². The highest BCUT2D eigenvalue weighted by Crippen LogP contribution is 2.27. The smallest absolute Gasteiger partial charge is 0.244 e. The monoisotopic (exact) mass is 437 g/mol. The molecule has 1 unspecified atom stereocenters. The summed E-state index contributed by atoms with van der Waals surface area (Å²) in [6.07, 6.45) is 0.829. The summed E-state index contributed by atoms with van der Waals surface area (Å²) in [5.74, 6) is -2.49. The fourth-order valence-corrected chi connectivity index (χ4v) is 2.81. The van der Waals surface area contributed by atoms with Crippen LogP contribution in [0.15, 0.2) is 66.9 Å². The highest BCUT2D eigenvalue weighted by Gasteiger charge is 2.21. The van der Waals surface area contributed by atoms with Crippen molar-refractivity contribution in [3.05, 3.63) is 78.2 Å². The number of rotatable bonds is 8. The summed E-state index contributed by atoms with van der Waals surface area (Å²) in [5.41, 5.74) is 11.5. The standard InChI is InChI=1S/C22H20FN5O4/c23-16-10-14(6-7-17(16)32-15-8-9-26-18(24)11-15)27-19(29)12-20(30)28-21(22(25)31)13-4-2-1-3-5-13/h1-11,21H,12H2,(H2,24,26)(H2,25,31)(H,27,29)(H,28,30). The second kappa shape index (κ2) is 10.0. The largest absolute Gasteiger partial charge is 0.454 e. The summed E-state index contributed by atoms with van der Waals surface area (Å²) >= 11 is 0. The lowest BCUT2D eigenvalue weighted by Gasteiger charge is -2.16. The number of anilines is 2. The molecule has 164 valence electrons. The van der Waals surface area contributed by atoms with E-state index >= 15 is 0 Å². The van der Waals surface area contributed by atoms with Crippen LogP contribution in [0.3, 0.4) is 0 Å². The molecule has 1 atom stereocenters. The van der Waals surface area contributed by atoms with E-state index in [1.165, 1.54) is 30.5 Å². The molecule has 0 spiro atoms. The molecule has 32 heavy (non-hydrogen) atoms. The molecule has 1 heterocycles. The Bertz CT molecular complexity index is 1140. The van der Waals surface area contributed by atoms with Gasteiger partial charge in [0.05, 0.1) is 0 Å². The fraction of sp³-hybridized carbons (Fsp3) is 0.0909. The van der Waals surface area contributed by atoms with Crippen molar-refractivity contribution in [2.45, 2.75) is 12.5 Å². The predicted octanol–water partition coefficient (Wildman–Crippen LogP) is 2.27. The van der Waals surface area contributed by atoms with Crippen LogP contribution in [0, 0.1) is 5.82 Å². The number of primary amides is 1. The first kappa shape index (κ1) is 22.2. The zero-order valence-electron chi connectivity index (χ0n) is 16.7. The maximum atomic E-state index is 14.3. The van der Waals surface area contributed by atoms with E-state index in [2.05, 4.69) is 15.6 Å². The highest BCUT2D eigenvalue weighted by atomic mass is 19.1. The van der Waals surface area contributed by atoms with Gasteiger partial charge < -0.3 is 26.8 Å². The molecule has 0 saturated heterocycles. The number of aromatic nitrogens is 1. The number of ether oxygens (including phenoxy) is 1. The molecule has 3 aromatic rings. The molecule has 0 aliphatic carbocycles. The number of amides is 3. The Morgan fingerprint density at radius 3 is 2.44 bits per heavy atom. The number of carbonyl (C=O) groups excluding carboxylic acids is 3. The normalized spacial score (nSPS) is 11.3. The molecule has 10 heteroatoms. The topological polar surface area (TPSA) is 149 Å². The molecule has 2 aromatic carbocycles. The van der Waals surface area contributed by atoms with Crippen LogP contribution >= 0.6 is 0 Å². The number of benzene rings is 2. The molecule has 0 fully saturated rings. The third kappa shape index (κ3) is 6.02. The SMILES string of the molecule is NC(=O)C(NC(=O)CC(=O)Nc1ccc(Oc2ccnc(N)c2)c(F)c1)c1ccccc1. The van der Waals surface area contributed by atoms with Crippen LogP contribution < -0.4 is 26.8 Å². The molecule has 9 nitrogen and oxygen atoms in total. The van der Waals surface area contributed by atoms with E-state index in [9.17, 15) is 18.8 Å². The minimum Gasteiger partial charge on any atom is -0.454 e. The van der Waals surface area contributed by atoms with Gasteiger partial charge in [-0.3, -0.25) is 14.4 Å². The van der Waals surface area contributed by atoms with Crippen LogP contribution in [-0.2, 0) is 14.4 Å². The summed E-state index contributed by atoms with van der Waals surface area (Å²) < 4.78 is 19.8. The van der Waals surface area contributed by atoms with Crippen molar-refractivity contribution in [1.82, 2.24) is 10.3 Å². The van der Waals surface area contributed by atoms with Crippen LogP contribution in [0.5, 0.6) is 11.5 Å². The number of pyridine rings is 1. The third-order valence-corrected chi connectivity index (χ3v) is 4.24. The molecule has 1 aromatic heterocycles. The molecule has 0 aliphatic heterocycles. The fourth-order valence-electron chi connectivity index (χ4n) is 2.81. The van der Waals surface area contributed by atoms with E-state index in [1.807, 2.05) is 0 Å². The van der Waals surface area contributed by atoms with Gasteiger partial charge in [-0.25, -0.2) is 9.37 Å². The van der Waals surface area contributed by atoms with Gasteiger partial charge in [-0.15, -0.1) is 0 Å². The van der Waals surface area contributed by atoms with E-state index in [0.29, 0.717) is 11.3 Å². The molecular formula is C22H20FN5O4. The summed E-state index contributed by atoms with van der Waals surface area (Å²) in [6.45, 7) is 0. The number of nitrogens with one attached hydrogen (secondary N) is 2. The van der Waals surface area contributed by atoms with Crippen molar-refractivity contribution in [3.63, 3.8) is 0 Å². The zero-order valence-corrected chi connectivity index (χ0v) is 16.7. The molecular weight excluding hydrogens is 417 g/mol. The van der Waals surface area contributed by atoms with Crippen LogP contribution in [-0.4, -0.2) is 22.7 Å². The Balaban J connectivity index is 1.58. The predicted molar refractivity (Wildman–Crippen MR) is 115 cm³/mol. The van der Waals surface area contributed by atoms with Gasteiger partial charge in [-0.2, -0.15) is 0 Å². The summed E-state index contributed by atoms with van der Waals surface area (Å²) in [4.78, 5) is 39.9. The van der Waals surface area contributed by atoms with E-state index in [0.717, 1.165) is 6.07 Å². The number of hydrogen-bond acceptors (Lipinski definition) is 6. The Morgan fingerprint density at radius 2 is 1.78 bits per heavy atom. The number of halogens is 1. The maximum Gasteiger partial charge on any atom is 0.244 e. The number of hydrogen-bond donors (Lipinski definition) is 4. The second-order valence-corrected chi connectivity index (χ2v) is 6.70. The first-order valence-electron chi connectivity index (χ1n) is 9.44. The van der Waals surface area contributed by atoms with Gasteiger partial charge in [0.15, 0.2) is 11.6 Å². The van der Waals surface area contributed by atoms with Gasteiger partial charge in [-0.05, 0) is 23.8 Å². The second-order valence-electron chi connectivity index (χ2n) is 6.70. The molecule has 0 saturated carbocycles. The number of carbonyl (C=O) groups is 3. The molecule has 3 amide bonds. The summed E-state index contributed by atoms with van der Waals surface area (Å²) in [6, 6.07) is 14.0. The lowest BCUT2D eigenvalue weighted by atomic mass is 10.1. The number of nitrogens with zero attached hydrogens (tertiary/aromatic N) is 1. The van der Waals surface area contributed by atoms with Crippen molar-refractivity contribution in [1.29, 1.82) is 0 Å². The van der Waals surface area contributed by atoms with Gasteiger partial charge in [-0.1, -0.05) is 30.3 Å². The average Bonchev–Trinajstić information content (AvgIpc) is 2.74. The molecule has 3 rings (SSSR count). The maximum absolute atomic E-state index is 14.3. The van der Waals surface area contributed by atoms with Gasteiger partial charge in [0, 0.05) is 24.0 Å². The van der Waals surface area contributed by atoms with Crippen LogP contribution in [0.1, 0.15) is 18.0 Å². The van der Waals surface area contributed by atoms with Crippen molar-refractivity contribution in [2.75, 3.05) is 11.1 Å². The number of nitrogens with two attached hydrogens (primary N) is 2. The van der Waals surface area contributed by atoms with Crippen LogP contribution in [0.25, 0.3) is 0 Å². The summed E-state index contributed by atoms with van der Waals surface area (Å²) in [7, 11) is 0. The van der Waals surface area contributed by atoms with Crippen molar-refractivity contribution in [2.24, 2.45) is 5.73 Å². The lowest BCUT2D eigenvalue weighted by Crippen LogP contribution is -2.38. The first-order valence-corrected chi connectivity index (χ1v) is 9.44.